The molecule has 1 atom stereocenters. The van der Waals surface area contributed by atoms with Crippen molar-refractivity contribution in [3.05, 3.63) is 65.0 Å². The fraction of sp³-hybridized carbons (Fsp3) is 0.455. The Kier molecular flexibility index (Phi) is 6.04. The number of amides is 1. The molecule has 1 aliphatic rings. The van der Waals surface area contributed by atoms with Crippen molar-refractivity contribution in [1.82, 2.24) is 14.8 Å². The van der Waals surface area contributed by atoms with Gasteiger partial charge in [-0.05, 0) is 63.9 Å². The molecule has 0 aliphatic carbocycles. The Morgan fingerprint density at radius 2 is 2.04 bits per heavy atom. The summed E-state index contributed by atoms with van der Waals surface area (Å²) in [4.78, 5) is 21.8. The Hall–Kier alpha value is -2.20. The second kappa shape index (κ2) is 8.45. The lowest BCUT2D eigenvalue weighted by Gasteiger charge is -2.27. The van der Waals surface area contributed by atoms with Gasteiger partial charge in [0.25, 0.3) is 5.91 Å². The quantitative estimate of drug-likeness (QED) is 0.840. The van der Waals surface area contributed by atoms with Gasteiger partial charge in [-0.3, -0.25) is 14.7 Å². The third-order valence-corrected chi connectivity index (χ3v) is 5.36. The number of hydrogen-bond acceptors (Lipinski definition) is 3. The van der Waals surface area contributed by atoms with Gasteiger partial charge in [-0.25, -0.2) is 0 Å². The average Bonchev–Trinajstić information content (AvgIpc) is 2.88. The van der Waals surface area contributed by atoms with Crippen molar-refractivity contribution in [3.63, 3.8) is 0 Å². The second-order valence-electron chi connectivity index (χ2n) is 7.43. The van der Waals surface area contributed by atoms with Gasteiger partial charge in [-0.2, -0.15) is 0 Å². The van der Waals surface area contributed by atoms with Crippen LogP contribution in [0, 0.1) is 13.8 Å². The predicted octanol–water partition coefficient (Wildman–Crippen LogP) is 3.83. The Morgan fingerprint density at radius 1 is 1.19 bits per heavy atom. The van der Waals surface area contributed by atoms with E-state index in [1.807, 2.05) is 42.3 Å². The minimum Gasteiger partial charge on any atom is -0.339 e. The summed E-state index contributed by atoms with van der Waals surface area (Å²) in [5.74, 6) is 0.176. The SMILES string of the molecule is Cc1ccc(C(=O)N2CCC[C@H](N(C)Cc3ccccn3)CC2)c(C)c1. The van der Waals surface area contributed by atoms with Crippen LogP contribution in [0.5, 0.6) is 0 Å². The van der Waals surface area contributed by atoms with Crippen LogP contribution in [0.4, 0.5) is 0 Å². The molecule has 0 saturated carbocycles. The number of carbonyl (C=O) groups is 1. The minimum atomic E-state index is 0.176. The fourth-order valence-electron chi connectivity index (χ4n) is 3.82. The van der Waals surface area contributed by atoms with Crippen LogP contribution in [0.2, 0.25) is 0 Å². The lowest BCUT2D eigenvalue weighted by atomic mass is 10.0. The molecular formula is C22H29N3O. The first-order chi connectivity index (χ1) is 12.5. The highest BCUT2D eigenvalue weighted by Gasteiger charge is 2.24. The van der Waals surface area contributed by atoms with Crippen LogP contribution in [-0.4, -0.2) is 46.9 Å². The van der Waals surface area contributed by atoms with E-state index in [0.29, 0.717) is 6.04 Å². The monoisotopic (exact) mass is 351 g/mol. The maximum atomic E-state index is 13.0. The molecule has 1 aromatic carbocycles. The van der Waals surface area contributed by atoms with E-state index >= 15 is 0 Å². The molecule has 2 aromatic rings. The molecule has 0 N–H and O–H groups in total. The summed E-state index contributed by atoms with van der Waals surface area (Å²) < 4.78 is 0. The number of benzene rings is 1. The molecule has 26 heavy (non-hydrogen) atoms. The van der Waals surface area contributed by atoms with E-state index in [1.54, 1.807) is 0 Å². The van der Waals surface area contributed by atoms with Gasteiger partial charge in [-0.15, -0.1) is 0 Å². The van der Waals surface area contributed by atoms with E-state index in [0.717, 1.165) is 55.7 Å². The highest BCUT2D eigenvalue weighted by molar-refractivity contribution is 5.95. The lowest BCUT2D eigenvalue weighted by molar-refractivity contribution is 0.0756. The van der Waals surface area contributed by atoms with Crippen molar-refractivity contribution < 1.29 is 4.79 Å². The van der Waals surface area contributed by atoms with Crippen LogP contribution in [0.15, 0.2) is 42.6 Å². The molecular weight excluding hydrogens is 322 g/mol. The van der Waals surface area contributed by atoms with Crippen molar-refractivity contribution in [2.75, 3.05) is 20.1 Å². The molecule has 1 saturated heterocycles. The first-order valence-electron chi connectivity index (χ1n) is 9.51. The molecule has 1 amide bonds. The molecule has 138 valence electrons. The van der Waals surface area contributed by atoms with Gasteiger partial charge in [0.15, 0.2) is 0 Å². The Balaban J connectivity index is 1.61. The average molecular weight is 351 g/mol. The second-order valence-corrected chi connectivity index (χ2v) is 7.43. The molecule has 2 heterocycles. The maximum absolute atomic E-state index is 13.0. The van der Waals surface area contributed by atoms with E-state index < -0.39 is 0 Å². The number of rotatable bonds is 4. The Bertz CT molecular complexity index is 744. The summed E-state index contributed by atoms with van der Waals surface area (Å²) in [5, 5.41) is 0. The zero-order valence-electron chi connectivity index (χ0n) is 16.1. The van der Waals surface area contributed by atoms with Gasteiger partial charge < -0.3 is 4.90 Å². The standard InChI is InChI=1S/C22H29N3O/c1-17-9-10-21(18(2)15-17)22(26)25-13-6-8-20(11-14-25)24(3)16-19-7-4-5-12-23-19/h4-5,7,9-10,12,15,20H,6,8,11,13-14,16H2,1-3H3/t20-/m0/s1. The summed E-state index contributed by atoms with van der Waals surface area (Å²) in [6.45, 7) is 6.62. The summed E-state index contributed by atoms with van der Waals surface area (Å²) in [7, 11) is 2.17. The number of pyridine rings is 1. The normalized spacial score (nSPS) is 18.0. The van der Waals surface area contributed by atoms with Gasteiger partial charge in [0.1, 0.15) is 0 Å². The molecule has 4 heteroatoms. The predicted molar refractivity (Wildman–Crippen MR) is 105 cm³/mol. The van der Waals surface area contributed by atoms with E-state index in [9.17, 15) is 4.79 Å². The number of likely N-dealkylation sites (tertiary alicyclic amines) is 1. The molecule has 0 spiro atoms. The third-order valence-electron chi connectivity index (χ3n) is 5.36. The van der Waals surface area contributed by atoms with E-state index in [2.05, 4.69) is 36.0 Å². The Labute approximate surface area is 156 Å². The zero-order chi connectivity index (χ0) is 18.5. The van der Waals surface area contributed by atoms with E-state index in [-0.39, 0.29) is 5.91 Å². The van der Waals surface area contributed by atoms with Crippen LogP contribution in [0.1, 0.15) is 46.4 Å². The first-order valence-corrected chi connectivity index (χ1v) is 9.51. The molecule has 1 aromatic heterocycles. The van der Waals surface area contributed by atoms with Crippen LogP contribution < -0.4 is 0 Å². The highest BCUT2D eigenvalue weighted by atomic mass is 16.2. The fourth-order valence-corrected chi connectivity index (χ4v) is 3.82. The first kappa shape index (κ1) is 18.6. The Morgan fingerprint density at radius 3 is 2.77 bits per heavy atom. The molecule has 0 radical (unpaired) electrons. The van der Waals surface area contributed by atoms with Gasteiger partial charge in [0.05, 0.1) is 5.69 Å². The van der Waals surface area contributed by atoms with Gasteiger partial charge in [0, 0.05) is 37.4 Å². The van der Waals surface area contributed by atoms with Crippen molar-refractivity contribution in [2.45, 2.75) is 45.7 Å². The third kappa shape index (κ3) is 4.50. The van der Waals surface area contributed by atoms with Crippen LogP contribution >= 0.6 is 0 Å². The van der Waals surface area contributed by atoms with Crippen LogP contribution in [-0.2, 0) is 6.54 Å². The maximum Gasteiger partial charge on any atom is 0.254 e. The number of carbonyl (C=O) groups excluding carboxylic acids is 1. The van der Waals surface area contributed by atoms with E-state index in [1.165, 1.54) is 5.56 Å². The van der Waals surface area contributed by atoms with E-state index in [4.69, 9.17) is 0 Å². The van der Waals surface area contributed by atoms with Crippen LogP contribution in [0.25, 0.3) is 0 Å². The highest BCUT2D eigenvalue weighted by Crippen LogP contribution is 2.20. The molecule has 3 rings (SSSR count). The van der Waals surface area contributed by atoms with Crippen molar-refractivity contribution in [2.24, 2.45) is 0 Å². The van der Waals surface area contributed by atoms with Crippen LogP contribution in [0.3, 0.4) is 0 Å². The smallest absolute Gasteiger partial charge is 0.254 e. The van der Waals surface area contributed by atoms with Gasteiger partial charge >= 0.3 is 0 Å². The topological polar surface area (TPSA) is 36.4 Å². The van der Waals surface area contributed by atoms with Crippen molar-refractivity contribution in [1.29, 1.82) is 0 Å². The van der Waals surface area contributed by atoms with Crippen molar-refractivity contribution >= 4 is 5.91 Å². The number of hydrogen-bond donors (Lipinski definition) is 0. The summed E-state index contributed by atoms with van der Waals surface area (Å²) in [6, 6.07) is 12.6. The lowest BCUT2D eigenvalue weighted by Crippen LogP contribution is -2.35. The summed E-state index contributed by atoms with van der Waals surface area (Å²) in [6.07, 6.45) is 5.04. The number of aryl methyl sites for hydroxylation is 2. The largest absolute Gasteiger partial charge is 0.339 e. The summed E-state index contributed by atoms with van der Waals surface area (Å²) in [5.41, 5.74) is 4.22. The van der Waals surface area contributed by atoms with Crippen molar-refractivity contribution in [3.8, 4) is 0 Å². The molecule has 0 bridgehead atoms. The van der Waals surface area contributed by atoms with Gasteiger partial charge in [-0.1, -0.05) is 23.8 Å². The zero-order valence-corrected chi connectivity index (χ0v) is 16.1. The number of nitrogens with zero attached hydrogens (tertiary/aromatic N) is 3. The molecule has 0 unspecified atom stereocenters. The minimum absolute atomic E-state index is 0.176. The van der Waals surface area contributed by atoms with Gasteiger partial charge in [0.2, 0.25) is 0 Å². The molecule has 4 nitrogen and oxygen atoms in total. The number of aromatic nitrogens is 1. The summed E-state index contributed by atoms with van der Waals surface area (Å²) >= 11 is 0. The molecule has 1 fully saturated rings. The molecule has 1 aliphatic heterocycles.